The van der Waals surface area contributed by atoms with E-state index in [0.717, 1.165) is 0 Å². The predicted molar refractivity (Wildman–Crippen MR) is 118 cm³/mol. The maximum absolute atomic E-state index is 13.5. The standard InChI is InChI=1S/C22H32FN3O3Si/c1-15(27)25-19(14-16-9-7-10-17(23)13-16)21(29)26-18(20(24)28)11-8-12-30(5,6)22(2,3)4/h7,9-10,13,18-19H,11,14H2,1-6H3,(H2,24,28)(H,25,27)(H,26,29)/t18-,19+/m0/s1. The lowest BCUT2D eigenvalue weighted by molar-refractivity contribution is -0.130. The van der Waals surface area contributed by atoms with Crippen molar-refractivity contribution in [2.75, 3.05) is 0 Å². The first-order chi connectivity index (χ1) is 13.7. The second-order valence-electron chi connectivity index (χ2n) is 8.93. The Balaban J connectivity index is 2.95. The molecule has 0 fully saturated rings. The Hall–Kier alpha value is -2.66. The van der Waals surface area contributed by atoms with Gasteiger partial charge in [-0.05, 0) is 22.7 Å². The fourth-order valence-corrected chi connectivity index (χ4v) is 3.33. The molecule has 1 aromatic carbocycles. The van der Waals surface area contributed by atoms with E-state index >= 15 is 0 Å². The number of benzene rings is 1. The zero-order valence-corrected chi connectivity index (χ0v) is 19.6. The van der Waals surface area contributed by atoms with Crippen molar-refractivity contribution in [1.29, 1.82) is 0 Å². The zero-order valence-electron chi connectivity index (χ0n) is 18.6. The van der Waals surface area contributed by atoms with Crippen molar-refractivity contribution in [2.24, 2.45) is 5.73 Å². The topological polar surface area (TPSA) is 101 Å². The largest absolute Gasteiger partial charge is 0.368 e. The summed E-state index contributed by atoms with van der Waals surface area (Å²) in [4.78, 5) is 36.1. The van der Waals surface area contributed by atoms with Crippen LogP contribution in [0.1, 0.15) is 39.7 Å². The van der Waals surface area contributed by atoms with Gasteiger partial charge in [0.25, 0.3) is 0 Å². The van der Waals surface area contributed by atoms with Crippen LogP contribution in [0.15, 0.2) is 24.3 Å². The normalized spacial score (nSPS) is 13.4. The van der Waals surface area contributed by atoms with Gasteiger partial charge < -0.3 is 16.4 Å². The second-order valence-corrected chi connectivity index (χ2v) is 13.9. The Morgan fingerprint density at radius 2 is 1.80 bits per heavy atom. The molecule has 0 unspecified atom stereocenters. The summed E-state index contributed by atoms with van der Waals surface area (Å²) in [5.74, 6) is 0.874. The van der Waals surface area contributed by atoms with E-state index in [1.165, 1.54) is 25.1 Å². The average molecular weight is 434 g/mol. The van der Waals surface area contributed by atoms with Gasteiger partial charge in [-0.15, -0.1) is 11.5 Å². The fourth-order valence-electron chi connectivity index (χ4n) is 2.41. The first-order valence-electron chi connectivity index (χ1n) is 9.84. The van der Waals surface area contributed by atoms with Crippen LogP contribution in [-0.4, -0.2) is 37.9 Å². The highest BCUT2D eigenvalue weighted by Gasteiger charge is 2.33. The molecule has 0 radical (unpaired) electrons. The summed E-state index contributed by atoms with van der Waals surface area (Å²) in [6.45, 7) is 12.0. The Kier molecular flexibility index (Phi) is 8.79. The van der Waals surface area contributed by atoms with Crippen LogP contribution in [-0.2, 0) is 20.8 Å². The minimum absolute atomic E-state index is 0.0624. The molecule has 6 nitrogen and oxygen atoms in total. The third-order valence-corrected chi connectivity index (χ3v) is 9.82. The Morgan fingerprint density at radius 1 is 1.17 bits per heavy atom. The Labute approximate surface area is 179 Å². The third-order valence-electron chi connectivity index (χ3n) is 5.26. The number of hydrogen-bond donors (Lipinski definition) is 3. The molecule has 0 aromatic heterocycles. The number of carbonyl (C=O) groups is 3. The minimum Gasteiger partial charge on any atom is -0.368 e. The highest BCUT2D eigenvalue weighted by molar-refractivity contribution is 6.87. The molecular formula is C22H32FN3O3Si. The van der Waals surface area contributed by atoms with Crippen LogP contribution >= 0.6 is 0 Å². The summed E-state index contributed by atoms with van der Waals surface area (Å²) in [5, 5.41) is 5.17. The van der Waals surface area contributed by atoms with Crippen molar-refractivity contribution in [3.63, 3.8) is 0 Å². The van der Waals surface area contributed by atoms with Gasteiger partial charge >= 0.3 is 0 Å². The molecule has 0 aliphatic heterocycles. The average Bonchev–Trinajstić information content (AvgIpc) is 2.58. The molecule has 0 bridgehead atoms. The summed E-state index contributed by atoms with van der Waals surface area (Å²) in [6, 6.07) is 3.80. The fraction of sp³-hybridized carbons (Fsp3) is 0.500. The van der Waals surface area contributed by atoms with E-state index in [1.54, 1.807) is 6.07 Å². The van der Waals surface area contributed by atoms with Crippen molar-refractivity contribution in [2.45, 2.75) is 70.8 Å². The van der Waals surface area contributed by atoms with Crippen molar-refractivity contribution in [3.8, 4) is 11.5 Å². The van der Waals surface area contributed by atoms with Gasteiger partial charge in [0, 0.05) is 19.8 Å². The smallest absolute Gasteiger partial charge is 0.243 e. The maximum atomic E-state index is 13.5. The van der Waals surface area contributed by atoms with Gasteiger partial charge in [0.1, 0.15) is 26.0 Å². The number of rotatable bonds is 7. The van der Waals surface area contributed by atoms with Crippen LogP contribution in [0.5, 0.6) is 0 Å². The quantitative estimate of drug-likeness (QED) is 0.454. The van der Waals surface area contributed by atoms with E-state index in [1.807, 2.05) is 0 Å². The van der Waals surface area contributed by atoms with Crippen molar-refractivity contribution in [3.05, 3.63) is 35.6 Å². The van der Waals surface area contributed by atoms with E-state index in [2.05, 4.69) is 56.0 Å². The highest BCUT2D eigenvalue weighted by Crippen LogP contribution is 2.35. The van der Waals surface area contributed by atoms with Crippen molar-refractivity contribution in [1.82, 2.24) is 10.6 Å². The molecular weight excluding hydrogens is 401 g/mol. The van der Waals surface area contributed by atoms with Crippen LogP contribution in [0.3, 0.4) is 0 Å². The van der Waals surface area contributed by atoms with Gasteiger partial charge in [-0.1, -0.05) is 46.0 Å². The Morgan fingerprint density at radius 3 is 2.30 bits per heavy atom. The molecule has 30 heavy (non-hydrogen) atoms. The molecule has 0 heterocycles. The molecule has 4 N–H and O–H groups in total. The summed E-state index contributed by atoms with van der Waals surface area (Å²) in [6.07, 6.45) is 0.157. The number of primary amides is 1. The van der Waals surface area contributed by atoms with Crippen molar-refractivity contribution < 1.29 is 18.8 Å². The Bertz CT molecular complexity index is 853. The molecule has 2 atom stereocenters. The number of nitrogens with two attached hydrogens (primary N) is 1. The maximum Gasteiger partial charge on any atom is 0.243 e. The summed E-state index contributed by atoms with van der Waals surface area (Å²) in [5.41, 5.74) is 9.27. The molecule has 3 amide bonds. The first-order valence-corrected chi connectivity index (χ1v) is 12.8. The van der Waals surface area contributed by atoms with Crippen molar-refractivity contribution >= 4 is 25.8 Å². The number of carbonyl (C=O) groups excluding carboxylic acids is 3. The van der Waals surface area contributed by atoms with Crippen LogP contribution in [0.2, 0.25) is 18.1 Å². The molecule has 0 aliphatic rings. The van der Waals surface area contributed by atoms with E-state index in [-0.39, 0.29) is 17.9 Å². The van der Waals surface area contributed by atoms with E-state index in [0.29, 0.717) is 5.56 Å². The minimum atomic E-state index is -1.86. The SMILES string of the molecule is CC(=O)N[C@H](Cc1cccc(F)c1)C(=O)N[C@@H](CC#C[Si](C)(C)C(C)(C)C)C(N)=O. The van der Waals surface area contributed by atoms with E-state index < -0.39 is 43.7 Å². The third kappa shape index (κ3) is 7.99. The summed E-state index contributed by atoms with van der Waals surface area (Å²) < 4.78 is 13.5. The highest BCUT2D eigenvalue weighted by atomic mass is 28.3. The summed E-state index contributed by atoms with van der Waals surface area (Å²) in [7, 11) is -1.86. The monoisotopic (exact) mass is 433 g/mol. The van der Waals surface area contributed by atoms with Gasteiger partial charge in [-0.3, -0.25) is 14.4 Å². The predicted octanol–water partition coefficient (Wildman–Crippen LogP) is 2.28. The molecule has 0 aliphatic carbocycles. The number of nitrogens with one attached hydrogen (secondary N) is 2. The van der Waals surface area contributed by atoms with Crippen LogP contribution < -0.4 is 16.4 Å². The van der Waals surface area contributed by atoms with Gasteiger partial charge in [0.05, 0.1) is 0 Å². The van der Waals surface area contributed by atoms with Gasteiger partial charge in [-0.2, -0.15) is 0 Å². The van der Waals surface area contributed by atoms with Gasteiger partial charge in [0.2, 0.25) is 17.7 Å². The van der Waals surface area contributed by atoms with Crippen LogP contribution in [0, 0.1) is 17.3 Å². The van der Waals surface area contributed by atoms with E-state index in [4.69, 9.17) is 5.73 Å². The molecule has 0 saturated carbocycles. The molecule has 164 valence electrons. The molecule has 8 heteroatoms. The molecule has 0 saturated heterocycles. The lowest BCUT2D eigenvalue weighted by Crippen LogP contribution is -2.53. The summed E-state index contributed by atoms with van der Waals surface area (Å²) >= 11 is 0. The van der Waals surface area contributed by atoms with Crippen LogP contribution in [0.4, 0.5) is 4.39 Å². The number of halogens is 1. The zero-order chi connectivity index (χ0) is 23.1. The van der Waals surface area contributed by atoms with Crippen LogP contribution in [0.25, 0.3) is 0 Å². The molecule has 0 spiro atoms. The number of hydrogen-bond acceptors (Lipinski definition) is 3. The number of amides is 3. The van der Waals surface area contributed by atoms with E-state index in [9.17, 15) is 18.8 Å². The van der Waals surface area contributed by atoms with Gasteiger partial charge in [0.15, 0.2) is 0 Å². The lowest BCUT2D eigenvalue weighted by Gasteiger charge is -2.31. The van der Waals surface area contributed by atoms with Gasteiger partial charge in [-0.25, -0.2) is 4.39 Å². The second kappa shape index (κ2) is 10.4. The molecule has 1 aromatic rings. The lowest BCUT2D eigenvalue weighted by atomic mass is 10.0. The molecule has 1 rings (SSSR count). The first kappa shape index (κ1) is 25.4.